The average molecular weight is 310 g/mol. The molecule has 23 heavy (non-hydrogen) atoms. The van der Waals surface area contributed by atoms with E-state index in [9.17, 15) is 0 Å². The zero-order chi connectivity index (χ0) is 16.2. The summed E-state index contributed by atoms with van der Waals surface area (Å²) in [6, 6.07) is 12.4. The number of nitrogens with zero attached hydrogens (tertiary/aromatic N) is 4. The quantitative estimate of drug-likeness (QED) is 0.698. The smallest absolute Gasteiger partial charge is 0.150 e. The molecule has 0 N–H and O–H groups in total. The Morgan fingerprint density at radius 3 is 2.57 bits per heavy atom. The van der Waals surface area contributed by atoms with Crippen molar-refractivity contribution < 1.29 is 4.52 Å². The molecular formula is C18H22N4O. The van der Waals surface area contributed by atoms with Gasteiger partial charge in [-0.3, -0.25) is 4.90 Å². The first-order chi connectivity index (χ1) is 11.1. The highest BCUT2D eigenvalue weighted by molar-refractivity contribution is 5.33. The fourth-order valence-corrected chi connectivity index (χ4v) is 2.48. The number of benzene rings is 1. The second kappa shape index (κ2) is 6.79. The third-order valence-corrected chi connectivity index (χ3v) is 3.75. The van der Waals surface area contributed by atoms with Crippen LogP contribution in [-0.2, 0) is 13.1 Å². The van der Waals surface area contributed by atoms with Gasteiger partial charge in [-0.2, -0.15) is 5.10 Å². The molecule has 0 radical (unpaired) electrons. The first kappa shape index (κ1) is 15.5. The van der Waals surface area contributed by atoms with Gasteiger partial charge in [-0.1, -0.05) is 31.1 Å². The lowest BCUT2D eigenvalue weighted by molar-refractivity contribution is 0.265. The van der Waals surface area contributed by atoms with Gasteiger partial charge in [-0.15, -0.1) is 0 Å². The molecule has 2 aromatic heterocycles. The van der Waals surface area contributed by atoms with Crippen molar-refractivity contribution in [2.45, 2.75) is 32.9 Å². The second-order valence-corrected chi connectivity index (χ2v) is 6.16. The van der Waals surface area contributed by atoms with E-state index in [0.29, 0.717) is 5.92 Å². The van der Waals surface area contributed by atoms with Crippen LogP contribution in [0.4, 0.5) is 0 Å². The molecule has 5 nitrogen and oxygen atoms in total. The zero-order valence-electron chi connectivity index (χ0n) is 13.8. The SMILES string of the molecule is CC(C)c1cc(CN(C)Cc2ccc(-n3cccn3)cc2)on1. The van der Waals surface area contributed by atoms with Crippen molar-refractivity contribution >= 4 is 0 Å². The Balaban J connectivity index is 1.60. The molecule has 3 aromatic rings. The van der Waals surface area contributed by atoms with Gasteiger partial charge in [0, 0.05) is 25.0 Å². The molecule has 120 valence electrons. The number of rotatable bonds is 6. The van der Waals surface area contributed by atoms with Crippen LogP contribution in [0.15, 0.2) is 53.3 Å². The summed E-state index contributed by atoms with van der Waals surface area (Å²) in [5, 5.41) is 8.34. The van der Waals surface area contributed by atoms with Gasteiger partial charge >= 0.3 is 0 Å². The average Bonchev–Trinajstić information content (AvgIpc) is 3.19. The summed E-state index contributed by atoms with van der Waals surface area (Å²) in [6.07, 6.45) is 3.72. The molecule has 0 atom stereocenters. The van der Waals surface area contributed by atoms with E-state index in [2.05, 4.69) is 60.3 Å². The maximum atomic E-state index is 5.40. The van der Waals surface area contributed by atoms with Crippen LogP contribution in [0, 0.1) is 0 Å². The van der Waals surface area contributed by atoms with Crippen molar-refractivity contribution in [3.8, 4) is 5.69 Å². The summed E-state index contributed by atoms with van der Waals surface area (Å²) in [7, 11) is 2.08. The van der Waals surface area contributed by atoms with Gasteiger partial charge in [-0.05, 0) is 36.7 Å². The van der Waals surface area contributed by atoms with Crippen molar-refractivity contribution in [2.24, 2.45) is 0 Å². The summed E-state index contributed by atoms with van der Waals surface area (Å²) in [6.45, 7) is 5.84. The molecule has 3 rings (SSSR count). The van der Waals surface area contributed by atoms with Crippen LogP contribution in [0.2, 0.25) is 0 Å². The summed E-state index contributed by atoms with van der Waals surface area (Å²) >= 11 is 0. The van der Waals surface area contributed by atoms with Crippen LogP contribution in [-0.4, -0.2) is 26.9 Å². The van der Waals surface area contributed by atoms with Crippen molar-refractivity contribution in [2.75, 3.05) is 7.05 Å². The van der Waals surface area contributed by atoms with Gasteiger partial charge < -0.3 is 4.52 Å². The highest BCUT2D eigenvalue weighted by Gasteiger charge is 2.10. The van der Waals surface area contributed by atoms with E-state index >= 15 is 0 Å². The third kappa shape index (κ3) is 3.87. The molecule has 0 fully saturated rings. The first-order valence-electron chi connectivity index (χ1n) is 7.85. The van der Waals surface area contributed by atoms with Crippen LogP contribution in [0.1, 0.15) is 36.8 Å². The molecule has 5 heteroatoms. The molecule has 0 saturated heterocycles. The van der Waals surface area contributed by atoms with E-state index in [1.807, 2.05) is 23.0 Å². The van der Waals surface area contributed by atoms with Gasteiger partial charge in [0.1, 0.15) is 0 Å². The molecule has 1 aromatic carbocycles. The van der Waals surface area contributed by atoms with Crippen LogP contribution in [0.25, 0.3) is 5.69 Å². The van der Waals surface area contributed by atoms with E-state index in [1.165, 1.54) is 5.56 Å². The summed E-state index contributed by atoms with van der Waals surface area (Å²) in [5.41, 5.74) is 3.34. The molecule has 2 heterocycles. The molecule has 0 aliphatic rings. The Labute approximate surface area is 136 Å². The predicted octanol–water partition coefficient (Wildman–Crippen LogP) is 3.62. The normalized spacial score (nSPS) is 11.5. The molecule has 0 aliphatic carbocycles. The minimum atomic E-state index is 0.396. The lowest BCUT2D eigenvalue weighted by Gasteiger charge is -2.15. The van der Waals surface area contributed by atoms with E-state index < -0.39 is 0 Å². The van der Waals surface area contributed by atoms with Gasteiger partial charge in [-0.25, -0.2) is 4.68 Å². The maximum Gasteiger partial charge on any atom is 0.150 e. The van der Waals surface area contributed by atoms with Crippen LogP contribution in [0.3, 0.4) is 0 Å². The number of hydrogen-bond acceptors (Lipinski definition) is 4. The number of hydrogen-bond donors (Lipinski definition) is 0. The Hall–Kier alpha value is -2.40. The van der Waals surface area contributed by atoms with Crippen LogP contribution < -0.4 is 0 Å². The van der Waals surface area contributed by atoms with Gasteiger partial charge in [0.25, 0.3) is 0 Å². The molecule has 0 spiro atoms. The van der Waals surface area contributed by atoms with Crippen LogP contribution >= 0.6 is 0 Å². The Kier molecular flexibility index (Phi) is 4.57. The molecule has 0 bridgehead atoms. The van der Waals surface area contributed by atoms with Gasteiger partial charge in [0.05, 0.1) is 17.9 Å². The number of aromatic nitrogens is 3. The van der Waals surface area contributed by atoms with E-state index in [0.717, 1.165) is 30.2 Å². The summed E-state index contributed by atoms with van der Waals surface area (Å²) < 4.78 is 7.26. The summed E-state index contributed by atoms with van der Waals surface area (Å²) in [4.78, 5) is 2.22. The minimum Gasteiger partial charge on any atom is -0.360 e. The highest BCUT2D eigenvalue weighted by Crippen LogP contribution is 2.16. The Bertz CT molecular complexity index is 729. The van der Waals surface area contributed by atoms with Gasteiger partial charge in [0.2, 0.25) is 0 Å². The Morgan fingerprint density at radius 2 is 1.96 bits per heavy atom. The van der Waals surface area contributed by atoms with E-state index in [4.69, 9.17) is 4.52 Å². The van der Waals surface area contributed by atoms with E-state index in [1.54, 1.807) is 6.20 Å². The van der Waals surface area contributed by atoms with Crippen molar-refractivity contribution in [1.82, 2.24) is 19.8 Å². The first-order valence-corrected chi connectivity index (χ1v) is 7.85. The lowest BCUT2D eigenvalue weighted by atomic mass is 10.1. The fraction of sp³-hybridized carbons (Fsp3) is 0.333. The predicted molar refractivity (Wildman–Crippen MR) is 89.3 cm³/mol. The zero-order valence-corrected chi connectivity index (χ0v) is 13.8. The summed E-state index contributed by atoms with van der Waals surface area (Å²) in [5.74, 6) is 1.30. The minimum absolute atomic E-state index is 0.396. The third-order valence-electron chi connectivity index (χ3n) is 3.75. The Morgan fingerprint density at radius 1 is 1.17 bits per heavy atom. The molecule has 0 amide bonds. The maximum absolute atomic E-state index is 5.40. The lowest BCUT2D eigenvalue weighted by Crippen LogP contribution is -2.16. The molecule has 0 saturated carbocycles. The van der Waals surface area contributed by atoms with Crippen molar-refractivity contribution in [3.05, 3.63) is 65.8 Å². The fourth-order valence-electron chi connectivity index (χ4n) is 2.48. The largest absolute Gasteiger partial charge is 0.360 e. The van der Waals surface area contributed by atoms with Crippen molar-refractivity contribution in [3.63, 3.8) is 0 Å². The van der Waals surface area contributed by atoms with E-state index in [-0.39, 0.29) is 0 Å². The van der Waals surface area contributed by atoms with Crippen molar-refractivity contribution in [1.29, 1.82) is 0 Å². The topological polar surface area (TPSA) is 47.1 Å². The highest BCUT2D eigenvalue weighted by atomic mass is 16.5. The monoisotopic (exact) mass is 310 g/mol. The molecule has 0 unspecified atom stereocenters. The van der Waals surface area contributed by atoms with Crippen LogP contribution in [0.5, 0.6) is 0 Å². The molecular weight excluding hydrogens is 288 g/mol. The second-order valence-electron chi connectivity index (χ2n) is 6.16. The standard InChI is InChI=1S/C18H22N4O/c1-14(2)18-11-17(23-20-18)13-21(3)12-15-5-7-16(8-6-15)22-10-4-9-19-22/h4-11,14H,12-13H2,1-3H3. The van der Waals surface area contributed by atoms with Gasteiger partial charge in [0.15, 0.2) is 5.76 Å². The molecule has 0 aliphatic heterocycles.